The Balaban J connectivity index is 1.85. The van der Waals surface area contributed by atoms with Crippen molar-refractivity contribution in [1.82, 2.24) is 0 Å². The van der Waals surface area contributed by atoms with Gasteiger partial charge >= 0.3 is 0 Å². The third kappa shape index (κ3) is 8.08. The average Bonchev–Trinajstić information content (AvgIpc) is 2.90. The van der Waals surface area contributed by atoms with Crippen LogP contribution in [0.15, 0.2) is 48.5 Å². The molecule has 42 heavy (non-hydrogen) atoms. The van der Waals surface area contributed by atoms with Gasteiger partial charge in [0.05, 0.1) is 27.2 Å². The number of benzene rings is 3. The minimum absolute atomic E-state index is 0.0616. The fourth-order valence-corrected chi connectivity index (χ4v) is 4.70. The third-order valence-electron chi connectivity index (χ3n) is 5.90. The second-order valence-electron chi connectivity index (χ2n) is 9.07. The van der Waals surface area contributed by atoms with Crippen molar-refractivity contribution >= 4 is 81.2 Å². The number of hydrogen-bond acceptors (Lipinski definition) is 4. The van der Waals surface area contributed by atoms with Crippen LogP contribution in [-0.2, 0) is 14.3 Å². The van der Waals surface area contributed by atoms with Crippen molar-refractivity contribution in [3.63, 3.8) is 0 Å². The van der Waals surface area contributed by atoms with Crippen LogP contribution in [0.3, 0.4) is 0 Å². The van der Waals surface area contributed by atoms with E-state index in [2.05, 4.69) is 16.0 Å². The van der Waals surface area contributed by atoms with Gasteiger partial charge in [-0.15, -0.1) is 23.2 Å². The summed E-state index contributed by atoms with van der Waals surface area (Å²) in [5, 5.41) is 6.65. The van der Waals surface area contributed by atoms with Crippen molar-refractivity contribution in [2.45, 2.75) is 37.1 Å². The van der Waals surface area contributed by atoms with E-state index >= 15 is 4.39 Å². The molecule has 0 heterocycles. The van der Waals surface area contributed by atoms with Crippen molar-refractivity contribution in [3.8, 4) is 0 Å². The van der Waals surface area contributed by atoms with E-state index in [0.717, 1.165) is 18.2 Å². The van der Waals surface area contributed by atoms with Crippen LogP contribution in [0.25, 0.3) is 0 Å². The van der Waals surface area contributed by atoms with Gasteiger partial charge in [-0.2, -0.15) is 0 Å². The summed E-state index contributed by atoms with van der Waals surface area (Å²) in [6.45, 7) is 4.63. The normalized spacial score (nSPS) is 12.8. The molecule has 3 N–H and O–H groups in total. The van der Waals surface area contributed by atoms with Crippen molar-refractivity contribution < 1.29 is 32.3 Å². The first-order valence-corrected chi connectivity index (χ1v) is 13.8. The number of rotatable bonds is 10. The fourth-order valence-electron chi connectivity index (χ4n) is 3.86. The summed E-state index contributed by atoms with van der Waals surface area (Å²) >= 11 is 24.6. The van der Waals surface area contributed by atoms with E-state index in [0.29, 0.717) is 0 Å². The molecular formula is C28H24Cl4F3N3O4. The smallest absolute Gasteiger partial charge is 0.257 e. The van der Waals surface area contributed by atoms with Crippen molar-refractivity contribution in [2.24, 2.45) is 0 Å². The topological polar surface area (TPSA) is 96.5 Å². The number of nitrogens with one attached hydrogen (secondary N) is 3. The van der Waals surface area contributed by atoms with E-state index in [1.807, 2.05) is 0 Å². The molecule has 224 valence electrons. The predicted molar refractivity (Wildman–Crippen MR) is 158 cm³/mol. The highest BCUT2D eigenvalue weighted by atomic mass is 35.5. The van der Waals surface area contributed by atoms with E-state index in [1.165, 1.54) is 44.2 Å². The Morgan fingerprint density at radius 1 is 0.881 bits per heavy atom. The van der Waals surface area contributed by atoms with E-state index in [4.69, 9.17) is 51.1 Å². The summed E-state index contributed by atoms with van der Waals surface area (Å²) in [4.78, 5) is 38.5. The SMILES string of the molecule is CCOC(C)C(=O)Nc1c(F)ccc(NC(=O)c2cc(NC(=O)[C@H](c3ccc(F)c(Cl)c3)C(C)(Cl)Cl)ccc2Cl)c1F. The molecule has 0 saturated heterocycles. The number of carbonyl (C=O) groups excluding carboxylic acids is 3. The van der Waals surface area contributed by atoms with Gasteiger partial charge in [-0.25, -0.2) is 13.2 Å². The molecule has 0 bridgehead atoms. The molecule has 3 amide bonds. The van der Waals surface area contributed by atoms with E-state index in [1.54, 1.807) is 6.92 Å². The van der Waals surface area contributed by atoms with Crippen LogP contribution in [0.5, 0.6) is 0 Å². The van der Waals surface area contributed by atoms with Crippen molar-refractivity contribution in [2.75, 3.05) is 22.6 Å². The second-order valence-corrected chi connectivity index (χ2v) is 11.6. The first-order chi connectivity index (χ1) is 19.6. The minimum Gasteiger partial charge on any atom is -0.369 e. The number of amides is 3. The summed E-state index contributed by atoms with van der Waals surface area (Å²) in [7, 11) is 0. The van der Waals surface area contributed by atoms with Crippen molar-refractivity contribution in [1.29, 1.82) is 0 Å². The van der Waals surface area contributed by atoms with Gasteiger partial charge in [0.15, 0.2) is 5.82 Å². The largest absolute Gasteiger partial charge is 0.369 e. The standard InChI is InChI=1S/C28H24Cl4F3N3O4/c1-4-42-13(2)25(39)38-24-20(34)9-10-21(23(24)35)37-26(40)16-12-15(6-7-17(16)29)36-27(41)22(28(3,31)32)14-5-8-19(33)18(30)11-14/h5-13,22H,4H2,1-3H3,(H,36,41)(H,37,40)(H,38,39)/t13?,22-/m0/s1. The maximum Gasteiger partial charge on any atom is 0.257 e. The lowest BCUT2D eigenvalue weighted by Gasteiger charge is -2.26. The van der Waals surface area contributed by atoms with E-state index in [-0.39, 0.29) is 33.5 Å². The number of hydrogen-bond donors (Lipinski definition) is 3. The van der Waals surface area contributed by atoms with Crippen LogP contribution < -0.4 is 16.0 Å². The molecule has 0 saturated carbocycles. The van der Waals surface area contributed by atoms with Crippen LogP contribution in [0.4, 0.5) is 30.2 Å². The molecular weight excluding hydrogens is 641 g/mol. The number of halogens is 7. The van der Waals surface area contributed by atoms with Crippen LogP contribution in [0.2, 0.25) is 10.0 Å². The number of carbonyl (C=O) groups is 3. The van der Waals surface area contributed by atoms with Crippen molar-refractivity contribution in [3.05, 3.63) is 87.2 Å². The highest BCUT2D eigenvalue weighted by Crippen LogP contribution is 2.39. The van der Waals surface area contributed by atoms with Gasteiger partial charge in [0.2, 0.25) is 5.91 Å². The summed E-state index contributed by atoms with van der Waals surface area (Å²) in [6, 6.07) is 9.30. The van der Waals surface area contributed by atoms with Crippen LogP contribution in [0.1, 0.15) is 42.6 Å². The summed E-state index contributed by atoms with van der Waals surface area (Å²) in [6.07, 6.45) is -0.987. The average molecular weight is 665 g/mol. The quantitative estimate of drug-likeness (QED) is 0.192. The number of ether oxygens (including phenoxy) is 1. The summed E-state index contributed by atoms with van der Waals surface area (Å²) in [5.74, 6) is -6.67. The Labute approximate surface area is 259 Å². The first kappa shape index (κ1) is 33.5. The lowest BCUT2D eigenvalue weighted by atomic mass is 9.94. The molecule has 2 atom stereocenters. The van der Waals surface area contributed by atoms with Gasteiger partial charge in [0, 0.05) is 12.3 Å². The molecule has 3 aromatic carbocycles. The second kappa shape index (κ2) is 14.0. The Morgan fingerprint density at radius 3 is 2.17 bits per heavy atom. The van der Waals surface area contributed by atoms with Gasteiger partial charge in [-0.1, -0.05) is 29.3 Å². The highest BCUT2D eigenvalue weighted by molar-refractivity contribution is 6.50. The summed E-state index contributed by atoms with van der Waals surface area (Å²) in [5.41, 5.74) is -1.12. The molecule has 0 aromatic heterocycles. The zero-order valence-corrected chi connectivity index (χ0v) is 25.3. The van der Waals surface area contributed by atoms with Gasteiger partial charge in [-0.3, -0.25) is 14.4 Å². The zero-order chi connectivity index (χ0) is 31.4. The van der Waals surface area contributed by atoms with Crippen LogP contribution in [-0.4, -0.2) is 34.8 Å². The molecule has 3 aromatic rings. The van der Waals surface area contributed by atoms with Gasteiger partial charge in [0.25, 0.3) is 11.8 Å². The minimum atomic E-state index is -1.66. The molecule has 0 aliphatic heterocycles. The monoisotopic (exact) mass is 663 g/mol. The fraction of sp³-hybridized carbons (Fsp3) is 0.250. The Morgan fingerprint density at radius 2 is 1.55 bits per heavy atom. The van der Waals surface area contributed by atoms with E-state index < -0.39 is 62.9 Å². The molecule has 0 aliphatic rings. The Kier molecular flexibility index (Phi) is 11.1. The zero-order valence-electron chi connectivity index (χ0n) is 22.3. The van der Waals surface area contributed by atoms with Gasteiger partial charge < -0.3 is 20.7 Å². The molecule has 0 spiro atoms. The molecule has 0 aliphatic carbocycles. The maximum atomic E-state index is 15.1. The molecule has 14 heteroatoms. The van der Waals surface area contributed by atoms with Gasteiger partial charge in [0.1, 0.15) is 27.8 Å². The predicted octanol–water partition coefficient (Wildman–Crippen LogP) is 7.94. The molecule has 1 unspecified atom stereocenters. The third-order valence-corrected chi connectivity index (χ3v) is 6.95. The van der Waals surface area contributed by atoms with E-state index in [9.17, 15) is 23.2 Å². The van der Waals surface area contributed by atoms with Crippen LogP contribution >= 0.6 is 46.4 Å². The summed E-state index contributed by atoms with van der Waals surface area (Å²) < 4.78 is 46.6. The Bertz CT molecular complexity index is 1520. The number of anilines is 3. The molecule has 3 rings (SSSR count). The number of alkyl halides is 2. The molecule has 0 fully saturated rings. The lowest BCUT2D eigenvalue weighted by molar-refractivity contribution is -0.126. The Hall–Kier alpha value is -3.02. The maximum absolute atomic E-state index is 15.1. The molecule has 0 radical (unpaired) electrons. The molecule has 7 nitrogen and oxygen atoms in total. The van der Waals surface area contributed by atoms with Gasteiger partial charge in [-0.05, 0) is 68.8 Å². The van der Waals surface area contributed by atoms with Crippen LogP contribution in [0, 0.1) is 17.5 Å². The highest BCUT2D eigenvalue weighted by Gasteiger charge is 2.38. The first-order valence-electron chi connectivity index (χ1n) is 12.3. The lowest BCUT2D eigenvalue weighted by Crippen LogP contribution is -2.32.